The Bertz CT molecular complexity index is 231. The molecule has 0 bridgehead atoms. The molecular formula is C7H13ClN4. The summed E-state index contributed by atoms with van der Waals surface area (Å²) in [5.41, 5.74) is 0. The van der Waals surface area contributed by atoms with Crippen molar-refractivity contribution in [3.8, 4) is 0 Å². The molecule has 12 heavy (non-hydrogen) atoms. The Kier molecular flexibility index (Phi) is 3.47. The van der Waals surface area contributed by atoms with Gasteiger partial charge in [-0.2, -0.15) is 0 Å². The maximum Gasteiger partial charge on any atom is 0.151 e. The smallest absolute Gasteiger partial charge is 0.151 e. The summed E-state index contributed by atoms with van der Waals surface area (Å²) < 4.78 is 1.69. The van der Waals surface area contributed by atoms with Gasteiger partial charge in [0, 0.05) is 19.3 Å². The first-order valence-electron chi connectivity index (χ1n) is 4.05. The van der Waals surface area contributed by atoms with Crippen LogP contribution in [0.25, 0.3) is 0 Å². The van der Waals surface area contributed by atoms with Crippen molar-refractivity contribution in [3.63, 3.8) is 0 Å². The zero-order chi connectivity index (χ0) is 8.97. The second kappa shape index (κ2) is 4.40. The van der Waals surface area contributed by atoms with Crippen LogP contribution in [0.4, 0.5) is 0 Å². The number of hydrogen-bond donors (Lipinski definition) is 0. The lowest BCUT2D eigenvalue weighted by molar-refractivity contribution is 0.530. The summed E-state index contributed by atoms with van der Waals surface area (Å²) >= 11 is 5.76. The number of rotatable bonds is 4. The van der Waals surface area contributed by atoms with E-state index in [1.807, 2.05) is 7.05 Å². The number of alkyl halides is 1. The topological polar surface area (TPSA) is 43.6 Å². The van der Waals surface area contributed by atoms with Gasteiger partial charge < -0.3 is 0 Å². The van der Waals surface area contributed by atoms with Gasteiger partial charge in [0.2, 0.25) is 0 Å². The van der Waals surface area contributed by atoms with Gasteiger partial charge in [0.25, 0.3) is 0 Å². The van der Waals surface area contributed by atoms with Gasteiger partial charge in [0.15, 0.2) is 5.82 Å². The minimum absolute atomic E-state index is 0.483. The van der Waals surface area contributed by atoms with Gasteiger partial charge in [-0.05, 0) is 16.3 Å². The zero-order valence-electron chi connectivity index (χ0n) is 7.37. The molecule has 0 saturated carbocycles. The zero-order valence-corrected chi connectivity index (χ0v) is 8.12. The number of tetrazole rings is 1. The van der Waals surface area contributed by atoms with Crippen molar-refractivity contribution >= 4 is 11.6 Å². The summed E-state index contributed by atoms with van der Waals surface area (Å²) in [6, 6.07) is 0. The van der Waals surface area contributed by atoms with Gasteiger partial charge >= 0.3 is 0 Å². The number of hydrogen-bond acceptors (Lipinski definition) is 3. The highest BCUT2D eigenvalue weighted by atomic mass is 35.5. The number of aryl methyl sites for hydroxylation is 1. The van der Waals surface area contributed by atoms with E-state index >= 15 is 0 Å². The minimum atomic E-state index is 0.483. The van der Waals surface area contributed by atoms with Gasteiger partial charge in [-0.1, -0.05) is 13.3 Å². The fourth-order valence-corrected chi connectivity index (χ4v) is 1.31. The Labute approximate surface area is 76.9 Å². The second-order valence-corrected chi connectivity index (χ2v) is 3.16. The molecule has 4 nitrogen and oxygen atoms in total. The van der Waals surface area contributed by atoms with E-state index < -0.39 is 0 Å². The highest BCUT2D eigenvalue weighted by molar-refractivity contribution is 6.18. The van der Waals surface area contributed by atoms with Crippen molar-refractivity contribution in [1.82, 2.24) is 20.2 Å². The highest BCUT2D eigenvalue weighted by Gasteiger charge is 2.10. The van der Waals surface area contributed by atoms with Crippen molar-refractivity contribution in [3.05, 3.63) is 5.82 Å². The van der Waals surface area contributed by atoms with E-state index in [9.17, 15) is 0 Å². The molecule has 1 aromatic rings. The summed E-state index contributed by atoms with van der Waals surface area (Å²) in [4.78, 5) is 0. The first-order chi connectivity index (χ1) is 5.77. The molecule has 0 aliphatic carbocycles. The molecule has 1 atom stereocenters. The molecule has 1 rings (SSSR count). The first kappa shape index (κ1) is 9.45. The van der Waals surface area contributed by atoms with Gasteiger partial charge in [-0.15, -0.1) is 16.7 Å². The molecular weight excluding hydrogens is 176 g/mol. The highest BCUT2D eigenvalue weighted by Crippen LogP contribution is 2.10. The van der Waals surface area contributed by atoms with E-state index in [4.69, 9.17) is 11.6 Å². The molecule has 0 aliphatic heterocycles. The first-order valence-corrected chi connectivity index (χ1v) is 4.58. The quantitative estimate of drug-likeness (QED) is 0.663. The van der Waals surface area contributed by atoms with Crippen LogP contribution in [0, 0.1) is 5.92 Å². The number of nitrogens with zero attached hydrogens (tertiary/aromatic N) is 4. The molecule has 0 saturated heterocycles. The summed E-state index contributed by atoms with van der Waals surface area (Å²) in [5.74, 6) is 2.06. The Morgan fingerprint density at radius 1 is 1.58 bits per heavy atom. The van der Waals surface area contributed by atoms with Crippen LogP contribution < -0.4 is 0 Å². The Morgan fingerprint density at radius 3 is 2.75 bits per heavy atom. The van der Waals surface area contributed by atoms with Gasteiger partial charge in [0.1, 0.15) is 0 Å². The predicted octanol–water partition coefficient (Wildman–Crippen LogP) is 1.02. The molecule has 0 radical (unpaired) electrons. The fourth-order valence-electron chi connectivity index (χ4n) is 0.987. The van der Waals surface area contributed by atoms with Gasteiger partial charge in [-0.25, -0.2) is 4.68 Å². The lowest BCUT2D eigenvalue weighted by Crippen LogP contribution is -2.09. The fraction of sp³-hybridized carbons (Fsp3) is 0.857. The molecule has 1 heterocycles. The number of halogens is 1. The van der Waals surface area contributed by atoms with Gasteiger partial charge in [-0.3, -0.25) is 0 Å². The molecule has 0 amide bonds. The number of aromatic nitrogens is 4. The largest absolute Gasteiger partial charge is 0.233 e. The molecule has 0 aromatic carbocycles. The van der Waals surface area contributed by atoms with Crippen molar-refractivity contribution < 1.29 is 0 Å². The average molecular weight is 189 g/mol. The Morgan fingerprint density at radius 2 is 2.33 bits per heavy atom. The molecule has 0 N–H and O–H groups in total. The molecule has 1 unspecified atom stereocenters. The van der Waals surface area contributed by atoms with E-state index in [0.29, 0.717) is 11.8 Å². The van der Waals surface area contributed by atoms with Crippen molar-refractivity contribution in [2.75, 3.05) is 5.88 Å². The standard InChI is InChI=1S/C7H13ClN4/c1-3-6(5-8)4-7-9-10-11-12(7)2/h6H,3-5H2,1-2H3. The molecule has 0 fully saturated rings. The monoisotopic (exact) mass is 188 g/mol. The minimum Gasteiger partial charge on any atom is -0.233 e. The van der Waals surface area contributed by atoms with E-state index in [1.165, 1.54) is 0 Å². The summed E-state index contributed by atoms with van der Waals surface area (Å²) in [6.07, 6.45) is 1.93. The van der Waals surface area contributed by atoms with Crippen LogP contribution in [-0.2, 0) is 13.5 Å². The Balaban J connectivity index is 2.56. The average Bonchev–Trinajstić information content (AvgIpc) is 2.47. The van der Waals surface area contributed by atoms with Crippen LogP contribution in [0.3, 0.4) is 0 Å². The predicted molar refractivity (Wildman–Crippen MR) is 47.0 cm³/mol. The third kappa shape index (κ3) is 2.17. The van der Waals surface area contributed by atoms with Crippen LogP contribution in [-0.4, -0.2) is 26.1 Å². The van der Waals surface area contributed by atoms with Crippen LogP contribution >= 0.6 is 11.6 Å². The van der Waals surface area contributed by atoms with E-state index in [0.717, 1.165) is 18.7 Å². The van der Waals surface area contributed by atoms with Crippen molar-refractivity contribution in [2.24, 2.45) is 13.0 Å². The maximum atomic E-state index is 5.76. The van der Waals surface area contributed by atoms with Crippen LogP contribution in [0.2, 0.25) is 0 Å². The van der Waals surface area contributed by atoms with Crippen molar-refractivity contribution in [1.29, 1.82) is 0 Å². The van der Waals surface area contributed by atoms with Gasteiger partial charge in [0.05, 0.1) is 0 Å². The SMILES string of the molecule is CCC(CCl)Cc1nnnn1C. The lowest BCUT2D eigenvalue weighted by atomic mass is 10.1. The van der Waals surface area contributed by atoms with E-state index in [-0.39, 0.29) is 0 Å². The molecule has 0 spiro atoms. The normalized spacial score (nSPS) is 13.2. The second-order valence-electron chi connectivity index (χ2n) is 2.85. The lowest BCUT2D eigenvalue weighted by Gasteiger charge is -2.08. The Hall–Kier alpha value is -0.640. The summed E-state index contributed by atoms with van der Waals surface area (Å²) in [5, 5.41) is 11.2. The van der Waals surface area contributed by atoms with E-state index in [1.54, 1.807) is 4.68 Å². The van der Waals surface area contributed by atoms with E-state index in [2.05, 4.69) is 22.4 Å². The molecule has 5 heteroatoms. The third-order valence-electron chi connectivity index (χ3n) is 1.97. The maximum absolute atomic E-state index is 5.76. The van der Waals surface area contributed by atoms with Crippen LogP contribution in [0.1, 0.15) is 19.2 Å². The van der Waals surface area contributed by atoms with Crippen molar-refractivity contribution in [2.45, 2.75) is 19.8 Å². The molecule has 68 valence electrons. The summed E-state index contributed by atoms with van der Waals surface area (Å²) in [7, 11) is 1.84. The summed E-state index contributed by atoms with van der Waals surface area (Å²) in [6.45, 7) is 2.12. The molecule has 1 aromatic heterocycles. The van der Waals surface area contributed by atoms with Crippen LogP contribution in [0.15, 0.2) is 0 Å². The van der Waals surface area contributed by atoms with Crippen LogP contribution in [0.5, 0.6) is 0 Å². The third-order valence-corrected chi connectivity index (χ3v) is 2.41. The molecule has 0 aliphatic rings.